The molecule has 15 heavy (non-hydrogen) atoms. The lowest BCUT2D eigenvalue weighted by Crippen LogP contribution is -2.26. The number of hydrogen-bond acceptors (Lipinski definition) is 2. The van der Waals surface area contributed by atoms with Gasteiger partial charge in [0.15, 0.2) is 0 Å². The predicted octanol–water partition coefficient (Wildman–Crippen LogP) is 4.11. The van der Waals surface area contributed by atoms with Gasteiger partial charge in [0, 0.05) is 15.9 Å². The van der Waals surface area contributed by atoms with Crippen molar-refractivity contribution in [3.63, 3.8) is 0 Å². The van der Waals surface area contributed by atoms with Gasteiger partial charge in [-0.05, 0) is 33.4 Å². The molecule has 0 amide bonds. The fourth-order valence-electron chi connectivity index (χ4n) is 1.31. The Labute approximate surface area is 98.8 Å². The van der Waals surface area contributed by atoms with Crippen molar-refractivity contribution in [3.8, 4) is 0 Å². The molecule has 0 fully saturated rings. The Morgan fingerprint density at radius 2 is 2.13 bits per heavy atom. The first-order valence-corrected chi connectivity index (χ1v) is 6.19. The lowest BCUT2D eigenvalue weighted by Gasteiger charge is -2.19. The van der Waals surface area contributed by atoms with Crippen LogP contribution in [0.3, 0.4) is 0 Å². The summed E-state index contributed by atoms with van der Waals surface area (Å²) in [6, 6.07) is -0.657. The monoisotopic (exact) mass is 301 g/mol. The summed E-state index contributed by atoms with van der Waals surface area (Å²) in [4.78, 5) is 0. The molecule has 1 rings (SSSR count). The number of halogens is 4. The molecule has 0 bridgehead atoms. The minimum atomic E-state index is -4.14. The Hall–Kier alpha value is -0.0700. The average Bonchev–Trinajstić information content (AvgIpc) is 2.48. The van der Waals surface area contributed by atoms with Crippen LogP contribution in [0.15, 0.2) is 15.2 Å². The van der Waals surface area contributed by atoms with E-state index in [4.69, 9.17) is 0 Å². The smallest absolute Gasteiger partial charge is 0.310 e. The van der Waals surface area contributed by atoms with Gasteiger partial charge in [-0.2, -0.15) is 24.5 Å². The molecule has 0 aliphatic rings. The lowest BCUT2D eigenvalue weighted by molar-refractivity contribution is -0.140. The summed E-state index contributed by atoms with van der Waals surface area (Å²) in [6.45, 7) is 2.31. The van der Waals surface area contributed by atoms with Gasteiger partial charge < -0.3 is 5.32 Å². The largest absolute Gasteiger partial charge is 0.390 e. The van der Waals surface area contributed by atoms with Crippen LogP contribution >= 0.6 is 27.3 Å². The van der Waals surface area contributed by atoms with Crippen molar-refractivity contribution in [2.45, 2.75) is 25.6 Å². The zero-order valence-corrected chi connectivity index (χ0v) is 10.5. The minimum absolute atomic E-state index is 0.517. The molecule has 1 unspecified atom stereocenters. The Morgan fingerprint density at radius 3 is 2.53 bits per heavy atom. The number of alkyl halides is 3. The van der Waals surface area contributed by atoms with Crippen molar-refractivity contribution in [1.29, 1.82) is 0 Å². The maximum absolute atomic E-state index is 12.3. The Kier molecular flexibility index (Phi) is 4.61. The summed E-state index contributed by atoms with van der Waals surface area (Å²) < 4.78 is 37.6. The highest BCUT2D eigenvalue weighted by atomic mass is 79.9. The molecule has 86 valence electrons. The van der Waals surface area contributed by atoms with Crippen LogP contribution < -0.4 is 5.32 Å². The van der Waals surface area contributed by atoms with E-state index < -0.39 is 18.6 Å². The molecule has 1 aromatic rings. The van der Waals surface area contributed by atoms with E-state index in [-0.39, 0.29) is 0 Å². The summed E-state index contributed by atoms with van der Waals surface area (Å²) in [5.41, 5.74) is 0.680. The maximum Gasteiger partial charge on any atom is 0.390 e. The molecular weight excluding hydrogens is 291 g/mol. The van der Waals surface area contributed by atoms with Crippen molar-refractivity contribution < 1.29 is 13.2 Å². The van der Waals surface area contributed by atoms with E-state index in [1.165, 1.54) is 11.3 Å². The molecule has 1 nitrogen and oxygen atoms in total. The summed E-state index contributed by atoms with van der Waals surface area (Å²) in [5, 5.41) is 6.37. The van der Waals surface area contributed by atoms with Gasteiger partial charge in [-0.15, -0.1) is 0 Å². The third-order valence-corrected chi connectivity index (χ3v) is 3.66. The maximum atomic E-state index is 12.3. The van der Waals surface area contributed by atoms with Crippen LogP contribution in [0, 0.1) is 0 Å². The lowest BCUT2D eigenvalue weighted by atomic mass is 10.1. The molecule has 0 aliphatic carbocycles. The van der Waals surface area contributed by atoms with Crippen molar-refractivity contribution in [2.75, 3.05) is 6.54 Å². The van der Waals surface area contributed by atoms with Crippen molar-refractivity contribution in [1.82, 2.24) is 5.32 Å². The second-order valence-corrected chi connectivity index (χ2v) is 4.70. The summed E-state index contributed by atoms with van der Waals surface area (Å²) in [5.74, 6) is 0. The first-order chi connectivity index (χ1) is 6.94. The molecule has 0 spiro atoms. The van der Waals surface area contributed by atoms with Crippen LogP contribution in [0.2, 0.25) is 0 Å². The first-order valence-electron chi connectivity index (χ1n) is 4.45. The highest BCUT2D eigenvalue weighted by Gasteiger charge is 2.33. The standard InChI is InChI=1S/C9H11BrF3NS/c1-2-14-8(3-9(11,12)13)6-4-15-5-7(6)10/h4-5,8,14H,2-3H2,1H3. The second-order valence-electron chi connectivity index (χ2n) is 3.10. The number of hydrogen-bond donors (Lipinski definition) is 1. The zero-order valence-electron chi connectivity index (χ0n) is 8.07. The van der Waals surface area contributed by atoms with Crippen LogP contribution in [-0.4, -0.2) is 12.7 Å². The second kappa shape index (κ2) is 5.32. The summed E-state index contributed by atoms with van der Waals surface area (Å²) in [7, 11) is 0. The quantitative estimate of drug-likeness (QED) is 0.882. The molecular formula is C9H11BrF3NS. The van der Waals surface area contributed by atoms with Gasteiger partial charge in [0.05, 0.1) is 6.42 Å². The van der Waals surface area contributed by atoms with Gasteiger partial charge >= 0.3 is 6.18 Å². The van der Waals surface area contributed by atoms with Crippen molar-refractivity contribution in [2.24, 2.45) is 0 Å². The number of nitrogens with one attached hydrogen (secondary N) is 1. The van der Waals surface area contributed by atoms with Gasteiger partial charge in [-0.25, -0.2) is 0 Å². The molecule has 1 aromatic heterocycles. The third-order valence-electron chi connectivity index (χ3n) is 1.90. The Morgan fingerprint density at radius 1 is 1.47 bits per heavy atom. The Balaban J connectivity index is 2.79. The molecule has 0 radical (unpaired) electrons. The first kappa shape index (κ1) is 13.0. The van der Waals surface area contributed by atoms with Gasteiger partial charge in [0.1, 0.15) is 0 Å². The van der Waals surface area contributed by atoms with E-state index in [1.54, 1.807) is 17.7 Å². The summed E-state index contributed by atoms with van der Waals surface area (Å²) in [6.07, 6.45) is -4.98. The normalized spacial score (nSPS) is 14.2. The molecule has 0 aromatic carbocycles. The average molecular weight is 302 g/mol. The molecule has 1 atom stereocenters. The van der Waals surface area contributed by atoms with E-state index in [1.807, 2.05) is 0 Å². The van der Waals surface area contributed by atoms with Gasteiger partial charge in [0.2, 0.25) is 0 Å². The van der Waals surface area contributed by atoms with E-state index in [0.717, 1.165) is 4.47 Å². The highest BCUT2D eigenvalue weighted by Crippen LogP contribution is 2.34. The van der Waals surface area contributed by atoms with Crippen molar-refractivity contribution >= 4 is 27.3 Å². The van der Waals surface area contributed by atoms with Crippen LogP contribution in [0.1, 0.15) is 24.9 Å². The fourth-order valence-corrected chi connectivity index (χ4v) is 2.94. The fraction of sp³-hybridized carbons (Fsp3) is 0.556. The van der Waals surface area contributed by atoms with Gasteiger partial charge in [-0.1, -0.05) is 6.92 Å². The van der Waals surface area contributed by atoms with Crippen LogP contribution in [0.25, 0.3) is 0 Å². The molecule has 6 heteroatoms. The molecule has 0 saturated heterocycles. The van der Waals surface area contributed by atoms with E-state index in [2.05, 4.69) is 21.2 Å². The van der Waals surface area contributed by atoms with Gasteiger partial charge in [0.25, 0.3) is 0 Å². The van der Waals surface area contributed by atoms with Crippen molar-refractivity contribution in [3.05, 3.63) is 20.8 Å². The summed E-state index contributed by atoms with van der Waals surface area (Å²) >= 11 is 4.64. The Bertz CT molecular complexity index is 311. The van der Waals surface area contributed by atoms with E-state index in [0.29, 0.717) is 12.1 Å². The van der Waals surface area contributed by atoms with E-state index in [9.17, 15) is 13.2 Å². The minimum Gasteiger partial charge on any atom is -0.310 e. The molecule has 0 saturated carbocycles. The molecule has 0 aliphatic heterocycles. The zero-order chi connectivity index (χ0) is 11.5. The highest BCUT2D eigenvalue weighted by molar-refractivity contribution is 9.10. The number of thiophene rings is 1. The van der Waals surface area contributed by atoms with Crippen LogP contribution in [0.5, 0.6) is 0 Å². The SMILES string of the molecule is CCNC(CC(F)(F)F)c1cscc1Br. The molecule has 1 heterocycles. The number of rotatable bonds is 4. The topological polar surface area (TPSA) is 12.0 Å². The van der Waals surface area contributed by atoms with Crippen LogP contribution in [-0.2, 0) is 0 Å². The third kappa shape index (κ3) is 4.12. The van der Waals surface area contributed by atoms with Gasteiger partial charge in [-0.3, -0.25) is 0 Å². The van der Waals surface area contributed by atoms with Crippen LogP contribution in [0.4, 0.5) is 13.2 Å². The predicted molar refractivity (Wildman–Crippen MR) is 59.1 cm³/mol. The van der Waals surface area contributed by atoms with E-state index >= 15 is 0 Å². The molecule has 1 N–H and O–H groups in total.